The monoisotopic (exact) mass is 217 g/mol. The molecule has 2 rings (SSSR count). The standard InChI is InChI=1S/C10H11N5O/c1-15-5-9(13-6-15)14-8-2-3-12-4-7(8)10(11)16/h2-6H,1H3,(H2,11,16)(H,12,14). The zero-order chi connectivity index (χ0) is 11.5. The van der Waals surface area contributed by atoms with Gasteiger partial charge in [-0.1, -0.05) is 0 Å². The molecular formula is C10H11N5O. The number of primary amides is 1. The van der Waals surface area contributed by atoms with Gasteiger partial charge in [-0.05, 0) is 6.07 Å². The largest absolute Gasteiger partial charge is 0.365 e. The van der Waals surface area contributed by atoms with Crippen LogP contribution in [0.5, 0.6) is 0 Å². The number of nitrogens with one attached hydrogen (secondary N) is 1. The van der Waals surface area contributed by atoms with Crippen molar-refractivity contribution in [2.45, 2.75) is 0 Å². The van der Waals surface area contributed by atoms with Crippen LogP contribution in [0.1, 0.15) is 10.4 Å². The van der Waals surface area contributed by atoms with Crippen molar-refractivity contribution in [3.63, 3.8) is 0 Å². The number of imidazole rings is 1. The molecule has 0 unspecified atom stereocenters. The molecule has 6 heteroatoms. The van der Waals surface area contributed by atoms with Crippen molar-refractivity contribution in [2.24, 2.45) is 12.8 Å². The van der Waals surface area contributed by atoms with Gasteiger partial charge in [-0.2, -0.15) is 0 Å². The summed E-state index contributed by atoms with van der Waals surface area (Å²) in [6, 6.07) is 1.68. The second-order valence-corrected chi connectivity index (χ2v) is 3.33. The van der Waals surface area contributed by atoms with E-state index in [4.69, 9.17) is 5.73 Å². The lowest BCUT2D eigenvalue weighted by atomic mass is 10.2. The van der Waals surface area contributed by atoms with Crippen LogP contribution in [0.25, 0.3) is 0 Å². The third-order valence-electron chi connectivity index (χ3n) is 2.05. The van der Waals surface area contributed by atoms with Gasteiger partial charge in [0, 0.05) is 25.6 Å². The Morgan fingerprint density at radius 2 is 2.38 bits per heavy atom. The summed E-state index contributed by atoms with van der Waals surface area (Å²) < 4.78 is 1.80. The highest BCUT2D eigenvalue weighted by molar-refractivity contribution is 5.98. The molecule has 2 aromatic rings. The average Bonchev–Trinajstić information content (AvgIpc) is 2.64. The van der Waals surface area contributed by atoms with Crippen LogP contribution in [0, 0.1) is 0 Å². The molecule has 0 radical (unpaired) electrons. The molecule has 82 valence electrons. The molecule has 1 amide bonds. The van der Waals surface area contributed by atoms with Crippen LogP contribution in [-0.2, 0) is 7.05 Å². The van der Waals surface area contributed by atoms with Crippen LogP contribution in [0.4, 0.5) is 11.5 Å². The molecule has 0 atom stereocenters. The maximum atomic E-state index is 11.1. The van der Waals surface area contributed by atoms with E-state index in [0.29, 0.717) is 17.1 Å². The van der Waals surface area contributed by atoms with Crippen molar-refractivity contribution in [1.82, 2.24) is 14.5 Å². The summed E-state index contributed by atoms with van der Waals surface area (Å²) in [6.45, 7) is 0. The van der Waals surface area contributed by atoms with Gasteiger partial charge in [-0.25, -0.2) is 4.98 Å². The summed E-state index contributed by atoms with van der Waals surface area (Å²) in [7, 11) is 1.86. The van der Waals surface area contributed by atoms with Gasteiger partial charge in [0.15, 0.2) is 0 Å². The van der Waals surface area contributed by atoms with Gasteiger partial charge < -0.3 is 15.6 Å². The lowest BCUT2D eigenvalue weighted by molar-refractivity contribution is 0.100. The number of carbonyl (C=O) groups excluding carboxylic acids is 1. The van der Waals surface area contributed by atoms with E-state index >= 15 is 0 Å². The van der Waals surface area contributed by atoms with Gasteiger partial charge in [0.1, 0.15) is 5.82 Å². The molecule has 0 bridgehead atoms. The smallest absolute Gasteiger partial charge is 0.252 e. The molecule has 0 spiro atoms. The fourth-order valence-corrected chi connectivity index (χ4v) is 1.32. The van der Waals surface area contributed by atoms with Crippen LogP contribution in [0.3, 0.4) is 0 Å². The summed E-state index contributed by atoms with van der Waals surface area (Å²) in [5.74, 6) is 0.128. The Morgan fingerprint density at radius 1 is 1.56 bits per heavy atom. The molecule has 6 nitrogen and oxygen atoms in total. The summed E-state index contributed by atoms with van der Waals surface area (Å²) in [4.78, 5) is 19.1. The Hall–Kier alpha value is -2.37. The third kappa shape index (κ3) is 2.00. The highest BCUT2D eigenvalue weighted by Gasteiger charge is 2.08. The van der Waals surface area contributed by atoms with Crippen molar-refractivity contribution in [2.75, 3.05) is 5.32 Å². The van der Waals surface area contributed by atoms with Crippen molar-refractivity contribution in [3.8, 4) is 0 Å². The van der Waals surface area contributed by atoms with E-state index in [2.05, 4.69) is 15.3 Å². The van der Waals surface area contributed by atoms with Gasteiger partial charge >= 0.3 is 0 Å². The molecule has 0 saturated carbocycles. The molecule has 3 N–H and O–H groups in total. The van der Waals surface area contributed by atoms with E-state index in [9.17, 15) is 4.79 Å². The number of amides is 1. The Bertz CT molecular complexity index is 519. The van der Waals surface area contributed by atoms with E-state index in [1.165, 1.54) is 6.20 Å². The van der Waals surface area contributed by atoms with Crippen molar-refractivity contribution in [3.05, 3.63) is 36.5 Å². The average molecular weight is 217 g/mol. The zero-order valence-corrected chi connectivity index (χ0v) is 8.71. The van der Waals surface area contributed by atoms with Gasteiger partial charge in [-0.3, -0.25) is 9.78 Å². The lowest BCUT2D eigenvalue weighted by Crippen LogP contribution is -2.13. The first-order valence-electron chi connectivity index (χ1n) is 4.65. The van der Waals surface area contributed by atoms with Crippen molar-refractivity contribution in [1.29, 1.82) is 0 Å². The molecule has 0 fully saturated rings. The molecular weight excluding hydrogens is 206 g/mol. The number of nitrogens with zero attached hydrogens (tertiary/aromatic N) is 3. The molecule has 0 aromatic carbocycles. The van der Waals surface area contributed by atoms with E-state index in [0.717, 1.165) is 0 Å². The minimum atomic E-state index is -0.522. The number of pyridine rings is 1. The summed E-state index contributed by atoms with van der Waals surface area (Å²) in [6.07, 6.45) is 6.46. The first-order chi connectivity index (χ1) is 7.66. The number of anilines is 2. The highest BCUT2D eigenvalue weighted by atomic mass is 16.1. The molecule has 16 heavy (non-hydrogen) atoms. The minimum Gasteiger partial charge on any atom is -0.365 e. The number of nitrogens with two attached hydrogens (primary N) is 1. The number of aryl methyl sites for hydroxylation is 1. The first kappa shape index (κ1) is 10.2. The topological polar surface area (TPSA) is 85.8 Å². The minimum absolute atomic E-state index is 0.341. The van der Waals surface area contributed by atoms with Gasteiger partial charge in [0.25, 0.3) is 5.91 Å². The fourth-order valence-electron chi connectivity index (χ4n) is 1.32. The second-order valence-electron chi connectivity index (χ2n) is 3.33. The van der Waals surface area contributed by atoms with Crippen LogP contribution in [-0.4, -0.2) is 20.4 Å². The van der Waals surface area contributed by atoms with Crippen LogP contribution in [0.15, 0.2) is 31.0 Å². The Labute approximate surface area is 92.1 Å². The quantitative estimate of drug-likeness (QED) is 0.790. The van der Waals surface area contributed by atoms with Gasteiger partial charge in [0.05, 0.1) is 17.6 Å². The summed E-state index contributed by atoms with van der Waals surface area (Å²) in [5.41, 5.74) is 6.17. The Balaban J connectivity index is 2.31. The number of carbonyl (C=O) groups is 1. The molecule has 0 aliphatic carbocycles. The van der Waals surface area contributed by atoms with Crippen LogP contribution < -0.4 is 11.1 Å². The van der Waals surface area contributed by atoms with Gasteiger partial charge in [0.2, 0.25) is 0 Å². The summed E-state index contributed by atoms with van der Waals surface area (Å²) >= 11 is 0. The Morgan fingerprint density at radius 3 is 3.00 bits per heavy atom. The number of hydrogen-bond acceptors (Lipinski definition) is 4. The van der Waals surface area contributed by atoms with E-state index in [1.54, 1.807) is 29.4 Å². The van der Waals surface area contributed by atoms with Crippen molar-refractivity contribution < 1.29 is 4.79 Å². The van der Waals surface area contributed by atoms with E-state index in [1.807, 2.05) is 7.05 Å². The number of hydrogen-bond donors (Lipinski definition) is 2. The maximum Gasteiger partial charge on any atom is 0.252 e. The zero-order valence-electron chi connectivity index (χ0n) is 8.71. The number of aromatic nitrogens is 3. The first-order valence-corrected chi connectivity index (χ1v) is 4.65. The Kier molecular flexibility index (Phi) is 2.55. The second kappa shape index (κ2) is 4.01. The highest BCUT2D eigenvalue weighted by Crippen LogP contribution is 2.17. The van der Waals surface area contributed by atoms with Gasteiger partial charge in [-0.15, -0.1) is 0 Å². The molecule has 2 aromatic heterocycles. The molecule has 0 aliphatic heterocycles. The normalized spacial score (nSPS) is 10.1. The van der Waals surface area contributed by atoms with Crippen LogP contribution >= 0.6 is 0 Å². The van der Waals surface area contributed by atoms with Crippen LogP contribution in [0.2, 0.25) is 0 Å². The molecule has 0 aliphatic rings. The summed E-state index contributed by atoms with van der Waals surface area (Å²) in [5, 5.41) is 3.00. The lowest BCUT2D eigenvalue weighted by Gasteiger charge is -2.06. The third-order valence-corrected chi connectivity index (χ3v) is 2.05. The molecule has 0 saturated heterocycles. The fraction of sp³-hybridized carbons (Fsp3) is 0.100. The van der Waals surface area contributed by atoms with Crippen molar-refractivity contribution >= 4 is 17.4 Å². The predicted molar refractivity (Wildman–Crippen MR) is 59.2 cm³/mol. The SMILES string of the molecule is Cn1cnc(Nc2ccncc2C(N)=O)c1. The number of rotatable bonds is 3. The van der Waals surface area contributed by atoms with E-state index < -0.39 is 5.91 Å². The van der Waals surface area contributed by atoms with E-state index in [-0.39, 0.29) is 0 Å². The maximum absolute atomic E-state index is 11.1. The predicted octanol–water partition coefficient (Wildman–Crippen LogP) is 0.658. The molecule has 2 heterocycles.